The summed E-state index contributed by atoms with van der Waals surface area (Å²) in [6.07, 6.45) is 8.95. The quantitative estimate of drug-likeness (QED) is 0.679. The third-order valence-electron chi connectivity index (χ3n) is 3.23. The lowest BCUT2D eigenvalue weighted by molar-refractivity contribution is 0.414. The van der Waals surface area contributed by atoms with E-state index >= 15 is 0 Å². The van der Waals surface area contributed by atoms with E-state index in [4.69, 9.17) is 0 Å². The highest BCUT2D eigenvalue weighted by molar-refractivity contribution is 5.07. The molecule has 0 saturated carbocycles. The SMILES string of the molecule is CCCCCCCn1cccc1CNC(C)(C)C. The first-order valence-corrected chi connectivity index (χ1v) is 7.42. The molecule has 18 heavy (non-hydrogen) atoms. The molecule has 0 unspecified atom stereocenters. The summed E-state index contributed by atoms with van der Waals surface area (Å²) in [5.74, 6) is 0. The van der Waals surface area contributed by atoms with Gasteiger partial charge in [-0.05, 0) is 39.3 Å². The zero-order chi connectivity index (χ0) is 13.4. The second-order valence-corrected chi connectivity index (χ2v) is 6.21. The van der Waals surface area contributed by atoms with Crippen LogP contribution in [0.2, 0.25) is 0 Å². The summed E-state index contributed by atoms with van der Waals surface area (Å²) in [7, 11) is 0. The molecule has 2 heteroatoms. The number of unbranched alkanes of at least 4 members (excludes halogenated alkanes) is 4. The minimum atomic E-state index is 0.191. The molecule has 0 fully saturated rings. The molecule has 0 atom stereocenters. The summed E-state index contributed by atoms with van der Waals surface area (Å²) < 4.78 is 2.39. The van der Waals surface area contributed by atoms with Gasteiger partial charge in [-0.1, -0.05) is 32.6 Å². The Kier molecular flexibility index (Phi) is 6.48. The summed E-state index contributed by atoms with van der Waals surface area (Å²) in [6, 6.07) is 4.39. The lowest BCUT2D eigenvalue weighted by Crippen LogP contribution is -2.35. The van der Waals surface area contributed by atoms with E-state index in [1.807, 2.05) is 0 Å². The first kappa shape index (κ1) is 15.3. The van der Waals surface area contributed by atoms with Crippen LogP contribution in [-0.4, -0.2) is 10.1 Å². The Morgan fingerprint density at radius 2 is 1.83 bits per heavy atom. The number of rotatable bonds is 8. The van der Waals surface area contributed by atoms with Crippen molar-refractivity contribution in [2.75, 3.05) is 0 Å². The maximum atomic E-state index is 3.55. The summed E-state index contributed by atoms with van der Waals surface area (Å²) >= 11 is 0. The summed E-state index contributed by atoms with van der Waals surface area (Å²) in [5.41, 5.74) is 1.59. The minimum absolute atomic E-state index is 0.191. The molecule has 2 nitrogen and oxygen atoms in total. The zero-order valence-electron chi connectivity index (χ0n) is 12.6. The highest BCUT2D eigenvalue weighted by Crippen LogP contribution is 2.09. The van der Waals surface area contributed by atoms with Gasteiger partial charge in [-0.25, -0.2) is 0 Å². The first-order valence-electron chi connectivity index (χ1n) is 7.42. The number of nitrogens with one attached hydrogen (secondary N) is 1. The second-order valence-electron chi connectivity index (χ2n) is 6.21. The third-order valence-corrected chi connectivity index (χ3v) is 3.23. The van der Waals surface area contributed by atoms with Crippen molar-refractivity contribution >= 4 is 0 Å². The molecule has 0 aliphatic carbocycles. The molecule has 1 aromatic heterocycles. The van der Waals surface area contributed by atoms with Crippen LogP contribution < -0.4 is 5.32 Å². The summed E-state index contributed by atoms with van der Waals surface area (Å²) in [6.45, 7) is 11.0. The highest BCUT2D eigenvalue weighted by atomic mass is 15.0. The topological polar surface area (TPSA) is 17.0 Å². The molecule has 104 valence electrons. The lowest BCUT2D eigenvalue weighted by Gasteiger charge is -2.21. The van der Waals surface area contributed by atoms with Gasteiger partial charge in [-0.2, -0.15) is 0 Å². The normalized spacial score (nSPS) is 12.0. The van der Waals surface area contributed by atoms with E-state index in [1.165, 1.54) is 37.8 Å². The molecule has 0 saturated heterocycles. The van der Waals surface area contributed by atoms with Crippen LogP contribution in [0.5, 0.6) is 0 Å². The molecule has 0 aliphatic heterocycles. The van der Waals surface area contributed by atoms with Gasteiger partial charge in [0.15, 0.2) is 0 Å². The predicted molar refractivity (Wildman–Crippen MR) is 79.8 cm³/mol. The Hall–Kier alpha value is -0.760. The van der Waals surface area contributed by atoms with Gasteiger partial charge < -0.3 is 9.88 Å². The van der Waals surface area contributed by atoms with E-state index in [2.05, 4.69) is 55.9 Å². The fourth-order valence-electron chi connectivity index (χ4n) is 2.07. The van der Waals surface area contributed by atoms with Gasteiger partial charge in [-0.15, -0.1) is 0 Å². The highest BCUT2D eigenvalue weighted by Gasteiger charge is 2.09. The number of hydrogen-bond acceptors (Lipinski definition) is 1. The number of aryl methyl sites for hydroxylation is 1. The molecule has 1 N–H and O–H groups in total. The minimum Gasteiger partial charge on any atom is -0.350 e. The van der Waals surface area contributed by atoms with Crippen LogP contribution in [0, 0.1) is 0 Å². The van der Waals surface area contributed by atoms with Gasteiger partial charge in [-0.3, -0.25) is 0 Å². The third kappa shape index (κ3) is 6.25. The van der Waals surface area contributed by atoms with Crippen molar-refractivity contribution in [2.45, 2.75) is 78.4 Å². The van der Waals surface area contributed by atoms with Gasteiger partial charge in [0, 0.05) is 30.5 Å². The van der Waals surface area contributed by atoms with Crippen LogP contribution in [0.3, 0.4) is 0 Å². The van der Waals surface area contributed by atoms with E-state index in [-0.39, 0.29) is 5.54 Å². The van der Waals surface area contributed by atoms with Crippen molar-refractivity contribution in [1.29, 1.82) is 0 Å². The average Bonchev–Trinajstić information content (AvgIpc) is 2.73. The smallest absolute Gasteiger partial charge is 0.0363 e. The Morgan fingerprint density at radius 1 is 1.11 bits per heavy atom. The molecule has 1 heterocycles. The van der Waals surface area contributed by atoms with Gasteiger partial charge in [0.1, 0.15) is 0 Å². The van der Waals surface area contributed by atoms with Gasteiger partial charge >= 0.3 is 0 Å². The number of nitrogens with zero attached hydrogens (tertiary/aromatic N) is 1. The zero-order valence-corrected chi connectivity index (χ0v) is 12.6. The molecule has 0 radical (unpaired) electrons. The molecule has 0 spiro atoms. The first-order chi connectivity index (χ1) is 8.53. The van der Waals surface area contributed by atoms with Crippen molar-refractivity contribution in [1.82, 2.24) is 9.88 Å². The molecule has 1 aromatic rings. The summed E-state index contributed by atoms with van der Waals surface area (Å²) in [4.78, 5) is 0. The fraction of sp³-hybridized carbons (Fsp3) is 0.750. The maximum absolute atomic E-state index is 3.55. The standard InChI is InChI=1S/C16H30N2/c1-5-6-7-8-9-12-18-13-10-11-15(18)14-17-16(2,3)4/h10-11,13,17H,5-9,12,14H2,1-4H3. The average molecular weight is 250 g/mol. The van der Waals surface area contributed by atoms with Crippen molar-refractivity contribution in [3.63, 3.8) is 0 Å². The molecular formula is C16H30N2. The van der Waals surface area contributed by atoms with E-state index in [0.29, 0.717) is 0 Å². The molecule has 0 aliphatic rings. The van der Waals surface area contributed by atoms with Crippen LogP contribution in [-0.2, 0) is 13.1 Å². The van der Waals surface area contributed by atoms with Crippen LogP contribution in [0.4, 0.5) is 0 Å². The Morgan fingerprint density at radius 3 is 2.50 bits per heavy atom. The van der Waals surface area contributed by atoms with Crippen LogP contribution in [0.1, 0.15) is 65.5 Å². The van der Waals surface area contributed by atoms with Crippen LogP contribution in [0.25, 0.3) is 0 Å². The van der Waals surface area contributed by atoms with Gasteiger partial charge in [0.05, 0.1) is 0 Å². The largest absolute Gasteiger partial charge is 0.350 e. The number of aromatic nitrogens is 1. The van der Waals surface area contributed by atoms with Crippen molar-refractivity contribution < 1.29 is 0 Å². The summed E-state index contributed by atoms with van der Waals surface area (Å²) in [5, 5.41) is 3.55. The Bertz CT molecular complexity index is 320. The monoisotopic (exact) mass is 250 g/mol. The van der Waals surface area contributed by atoms with Crippen molar-refractivity contribution in [3.8, 4) is 0 Å². The van der Waals surface area contributed by atoms with E-state index < -0.39 is 0 Å². The van der Waals surface area contributed by atoms with E-state index in [1.54, 1.807) is 0 Å². The molecule has 0 amide bonds. The van der Waals surface area contributed by atoms with Crippen molar-refractivity contribution in [2.24, 2.45) is 0 Å². The molecular weight excluding hydrogens is 220 g/mol. The number of hydrogen-bond donors (Lipinski definition) is 1. The second kappa shape index (κ2) is 7.63. The van der Waals surface area contributed by atoms with E-state index in [9.17, 15) is 0 Å². The fourth-order valence-corrected chi connectivity index (χ4v) is 2.07. The van der Waals surface area contributed by atoms with Crippen LogP contribution in [0.15, 0.2) is 18.3 Å². The van der Waals surface area contributed by atoms with Crippen molar-refractivity contribution in [3.05, 3.63) is 24.0 Å². The molecule has 0 aromatic carbocycles. The molecule has 1 rings (SSSR count). The lowest BCUT2D eigenvalue weighted by atomic mass is 10.1. The van der Waals surface area contributed by atoms with E-state index in [0.717, 1.165) is 13.1 Å². The Balaban J connectivity index is 2.31. The van der Waals surface area contributed by atoms with Crippen LogP contribution >= 0.6 is 0 Å². The predicted octanol–water partition coefficient (Wildman–Crippen LogP) is 4.35. The Labute approximate surface area is 113 Å². The maximum Gasteiger partial charge on any atom is 0.0363 e. The van der Waals surface area contributed by atoms with Gasteiger partial charge in [0.25, 0.3) is 0 Å². The molecule has 0 bridgehead atoms. The van der Waals surface area contributed by atoms with Gasteiger partial charge in [0.2, 0.25) is 0 Å².